The molecule has 0 aliphatic carbocycles. The smallest absolute Gasteiger partial charge is 0.369 e. The van der Waals surface area contributed by atoms with Crippen molar-refractivity contribution < 1.29 is 22.8 Å². The van der Waals surface area contributed by atoms with Crippen LogP contribution in [0.1, 0.15) is 38.7 Å². The van der Waals surface area contributed by atoms with Gasteiger partial charge >= 0.3 is 6.18 Å². The van der Waals surface area contributed by atoms with Crippen LogP contribution in [0, 0.1) is 0 Å². The Bertz CT molecular complexity index is 1820. The van der Waals surface area contributed by atoms with Crippen LogP contribution in [0.15, 0.2) is 128 Å². The Hall–Kier alpha value is -5.28. The molecule has 1 amide bonds. The van der Waals surface area contributed by atoms with Crippen molar-refractivity contribution in [2.45, 2.75) is 25.2 Å². The van der Waals surface area contributed by atoms with E-state index in [1.807, 2.05) is 66.7 Å². The number of benzene rings is 4. The second-order valence-corrected chi connectivity index (χ2v) is 11.8. The number of halogens is 3. The first kappa shape index (κ1) is 32.7. The maximum absolute atomic E-state index is 13.5. The van der Waals surface area contributed by atoms with Gasteiger partial charge in [0.05, 0.1) is 5.56 Å². The van der Waals surface area contributed by atoms with Gasteiger partial charge in [-0.2, -0.15) is 13.2 Å². The standard InChI is InChI=1S/C39H35F3N4O2/c40-39(41,42)32-16-14-30(15-17-32)34-10-4-5-11-35(34)36(47)25-28-12-18-33(19-13-28)45-21-23-46(24-22-45)37(31-8-2-1-3-9-31)38(48)44-27-29-7-6-20-43-26-29/h1-20,26,37H,21-25,27H2,(H,44,48). The Balaban J connectivity index is 1.08. The van der Waals surface area contributed by atoms with E-state index in [0.717, 1.165) is 47.6 Å². The van der Waals surface area contributed by atoms with Crippen molar-refractivity contribution in [3.63, 3.8) is 0 Å². The number of ketones is 1. The molecule has 0 bridgehead atoms. The molecule has 1 atom stereocenters. The van der Waals surface area contributed by atoms with Crippen LogP contribution in [0.5, 0.6) is 0 Å². The topological polar surface area (TPSA) is 65.5 Å². The van der Waals surface area contributed by atoms with Crippen LogP contribution in [0.3, 0.4) is 0 Å². The quantitative estimate of drug-likeness (QED) is 0.160. The van der Waals surface area contributed by atoms with Gasteiger partial charge in [0, 0.05) is 62.8 Å². The Labute approximate surface area is 277 Å². The lowest BCUT2D eigenvalue weighted by Crippen LogP contribution is -2.51. The number of aromatic nitrogens is 1. The molecular weight excluding hydrogens is 613 g/mol. The highest BCUT2D eigenvalue weighted by molar-refractivity contribution is 6.03. The molecule has 2 heterocycles. The van der Waals surface area contributed by atoms with Crippen LogP contribution < -0.4 is 10.2 Å². The normalized spacial score (nSPS) is 14.4. The lowest BCUT2D eigenvalue weighted by atomic mass is 9.93. The van der Waals surface area contributed by atoms with E-state index in [0.29, 0.717) is 36.3 Å². The van der Waals surface area contributed by atoms with Crippen LogP contribution in [-0.2, 0) is 23.9 Å². The zero-order chi connectivity index (χ0) is 33.5. The van der Waals surface area contributed by atoms with Crippen molar-refractivity contribution >= 4 is 17.4 Å². The number of rotatable bonds is 10. The lowest BCUT2D eigenvalue weighted by Gasteiger charge is -2.39. The fourth-order valence-electron chi connectivity index (χ4n) is 6.11. The van der Waals surface area contributed by atoms with Gasteiger partial charge in [-0.1, -0.05) is 84.9 Å². The minimum absolute atomic E-state index is 0.0487. The summed E-state index contributed by atoms with van der Waals surface area (Å²) in [5.74, 6) is -0.159. The largest absolute Gasteiger partial charge is 0.416 e. The third kappa shape index (κ3) is 7.81. The van der Waals surface area contributed by atoms with Gasteiger partial charge in [0.25, 0.3) is 0 Å². The van der Waals surface area contributed by atoms with E-state index < -0.39 is 17.8 Å². The molecule has 1 saturated heterocycles. The number of anilines is 1. The molecule has 1 N–H and O–H groups in total. The first-order valence-electron chi connectivity index (χ1n) is 15.9. The summed E-state index contributed by atoms with van der Waals surface area (Å²) in [6, 6.07) is 33.0. The molecule has 1 unspecified atom stereocenters. The summed E-state index contributed by atoms with van der Waals surface area (Å²) in [5, 5.41) is 3.09. The average Bonchev–Trinajstić information content (AvgIpc) is 3.12. The fourth-order valence-corrected chi connectivity index (χ4v) is 6.11. The number of hydrogen-bond donors (Lipinski definition) is 1. The number of nitrogens with one attached hydrogen (secondary N) is 1. The molecule has 9 heteroatoms. The van der Waals surface area contributed by atoms with Gasteiger partial charge in [-0.05, 0) is 58.1 Å². The van der Waals surface area contributed by atoms with Gasteiger partial charge in [-0.3, -0.25) is 19.5 Å². The van der Waals surface area contributed by atoms with E-state index in [9.17, 15) is 22.8 Å². The molecule has 1 aliphatic rings. The lowest BCUT2D eigenvalue weighted by molar-refractivity contribution is -0.137. The van der Waals surface area contributed by atoms with Crippen molar-refractivity contribution in [2.75, 3.05) is 31.1 Å². The predicted octanol–water partition coefficient (Wildman–Crippen LogP) is 7.37. The van der Waals surface area contributed by atoms with Gasteiger partial charge in [0.2, 0.25) is 5.91 Å². The van der Waals surface area contributed by atoms with E-state index in [2.05, 4.69) is 20.1 Å². The maximum Gasteiger partial charge on any atom is 0.416 e. The summed E-state index contributed by atoms with van der Waals surface area (Å²) in [5.41, 5.74) is 4.67. The molecule has 244 valence electrons. The highest BCUT2D eigenvalue weighted by Crippen LogP contribution is 2.32. The monoisotopic (exact) mass is 648 g/mol. The summed E-state index contributed by atoms with van der Waals surface area (Å²) < 4.78 is 39.2. The predicted molar refractivity (Wildman–Crippen MR) is 180 cm³/mol. The molecule has 6 nitrogen and oxygen atoms in total. The SMILES string of the molecule is O=C(Cc1ccc(N2CCN(C(C(=O)NCc3cccnc3)c3ccccc3)CC2)cc1)c1ccccc1-c1ccc(C(F)(F)F)cc1. The Kier molecular flexibility index (Phi) is 9.96. The highest BCUT2D eigenvalue weighted by Gasteiger charge is 2.31. The number of nitrogens with zero attached hydrogens (tertiary/aromatic N) is 3. The number of piperazine rings is 1. The van der Waals surface area contributed by atoms with Crippen LogP contribution in [0.2, 0.25) is 0 Å². The first-order valence-corrected chi connectivity index (χ1v) is 15.9. The Morgan fingerprint density at radius 3 is 2.10 bits per heavy atom. The van der Waals surface area contributed by atoms with E-state index >= 15 is 0 Å². The van der Waals surface area contributed by atoms with Crippen molar-refractivity contribution in [3.8, 4) is 11.1 Å². The molecule has 0 saturated carbocycles. The van der Waals surface area contributed by atoms with Crippen LogP contribution >= 0.6 is 0 Å². The van der Waals surface area contributed by atoms with E-state index in [1.54, 1.807) is 36.7 Å². The van der Waals surface area contributed by atoms with Crippen LogP contribution in [0.25, 0.3) is 11.1 Å². The van der Waals surface area contributed by atoms with E-state index in [-0.39, 0.29) is 18.1 Å². The number of amides is 1. The van der Waals surface area contributed by atoms with Gasteiger partial charge in [-0.15, -0.1) is 0 Å². The summed E-state index contributed by atoms with van der Waals surface area (Å²) in [4.78, 5) is 35.5. The number of carbonyl (C=O) groups excluding carboxylic acids is 2. The number of Topliss-reactive ketones (excluding diaryl/α,β-unsaturated/α-hetero) is 1. The Morgan fingerprint density at radius 1 is 0.750 bits per heavy atom. The third-order valence-corrected chi connectivity index (χ3v) is 8.65. The minimum Gasteiger partial charge on any atom is -0.369 e. The maximum atomic E-state index is 13.5. The average molecular weight is 649 g/mol. The summed E-state index contributed by atoms with van der Waals surface area (Å²) in [6.45, 7) is 3.27. The Morgan fingerprint density at radius 2 is 1.44 bits per heavy atom. The van der Waals surface area contributed by atoms with Crippen LogP contribution in [0.4, 0.5) is 18.9 Å². The van der Waals surface area contributed by atoms with E-state index in [4.69, 9.17) is 0 Å². The zero-order valence-corrected chi connectivity index (χ0v) is 26.2. The molecule has 1 aromatic heterocycles. The molecular formula is C39H35F3N4O2. The second-order valence-electron chi connectivity index (χ2n) is 11.8. The van der Waals surface area contributed by atoms with Gasteiger partial charge in [0.15, 0.2) is 5.78 Å². The van der Waals surface area contributed by atoms with E-state index in [1.165, 1.54) is 12.1 Å². The summed E-state index contributed by atoms with van der Waals surface area (Å²) in [7, 11) is 0. The highest BCUT2D eigenvalue weighted by atomic mass is 19.4. The number of alkyl halides is 3. The van der Waals surface area contributed by atoms with Crippen molar-refractivity contribution in [3.05, 3.63) is 155 Å². The molecule has 1 aliphatic heterocycles. The molecule has 0 radical (unpaired) electrons. The van der Waals surface area contributed by atoms with Gasteiger partial charge in [0.1, 0.15) is 6.04 Å². The molecule has 48 heavy (non-hydrogen) atoms. The number of pyridine rings is 1. The molecule has 4 aromatic carbocycles. The van der Waals surface area contributed by atoms with Crippen molar-refractivity contribution in [1.29, 1.82) is 0 Å². The van der Waals surface area contributed by atoms with Gasteiger partial charge < -0.3 is 10.2 Å². The summed E-state index contributed by atoms with van der Waals surface area (Å²) >= 11 is 0. The zero-order valence-electron chi connectivity index (χ0n) is 26.2. The molecule has 5 aromatic rings. The van der Waals surface area contributed by atoms with Crippen molar-refractivity contribution in [2.24, 2.45) is 0 Å². The fraction of sp³-hybridized carbons (Fsp3) is 0.205. The molecule has 6 rings (SSSR count). The molecule has 0 spiro atoms. The molecule has 1 fully saturated rings. The minimum atomic E-state index is -4.42. The van der Waals surface area contributed by atoms with Gasteiger partial charge in [-0.25, -0.2) is 0 Å². The van der Waals surface area contributed by atoms with Crippen LogP contribution in [-0.4, -0.2) is 47.8 Å². The number of carbonyl (C=O) groups is 2. The number of hydrogen-bond acceptors (Lipinski definition) is 5. The first-order chi connectivity index (χ1) is 23.3. The second kappa shape index (κ2) is 14.6. The summed E-state index contributed by atoms with van der Waals surface area (Å²) in [6.07, 6.45) is -0.797. The van der Waals surface area contributed by atoms with Crippen molar-refractivity contribution in [1.82, 2.24) is 15.2 Å². The third-order valence-electron chi connectivity index (χ3n) is 8.65.